The molecule has 1 fully saturated rings. The molecule has 198 valence electrons. The molecule has 1 aliphatic heterocycles. The van der Waals surface area contributed by atoms with Gasteiger partial charge in [0.15, 0.2) is 13.9 Å². The Labute approximate surface area is 207 Å². The predicted molar refractivity (Wildman–Crippen MR) is 131 cm³/mol. The van der Waals surface area contributed by atoms with Gasteiger partial charge in [0.1, 0.15) is 6.04 Å². The van der Waals surface area contributed by atoms with Crippen molar-refractivity contribution >= 4 is 20.2 Å². The zero-order chi connectivity index (χ0) is 26.8. The molecule has 0 aromatic heterocycles. The molecule has 1 amide bonds. The van der Waals surface area contributed by atoms with Gasteiger partial charge in [-0.15, -0.1) is 0 Å². The van der Waals surface area contributed by atoms with Crippen LogP contribution in [0.5, 0.6) is 0 Å². The summed E-state index contributed by atoms with van der Waals surface area (Å²) in [5, 5.41) is 0. The van der Waals surface area contributed by atoms with Gasteiger partial charge < -0.3 is 14.1 Å². The number of hydrogen-bond acceptors (Lipinski definition) is 5. The number of benzene rings is 1. The number of carbonyl (C=O) groups excluding carboxylic acids is 2. The van der Waals surface area contributed by atoms with Crippen LogP contribution in [0.3, 0.4) is 0 Å². The lowest BCUT2D eigenvalue weighted by Crippen LogP contribution is -2.64. The minimum absolute atomic E-state index is 0.0654. The van der Waals surface area contributed by atoms with Gasteiger partial charge in [0.25, 0.3) is 0 Å². The van der Waals surface area contributed by atoms with Crippen LogP contribution in [0.25, 0.3) is 0 Å². The summed E-state index contributed by atoms with van der Waals surface area (Å²) in [4.78, 5) is 29.1. The third-order valence-corrected chi connectivity index (χ3v) is 7.34. The number of amides is 1. The van der Waals surface area contributed by atoms with Crippen LogP contribution in [-0.4, -0.2) is 74.1 Å². The lowest BCUT2D eigenvalue weighted by atomic mass is 9.89. The van der Waals surface area contributed by atoms with Crippen molar-refractivity contribution in [1.82, 2.24) is 9.80 Å². The Balaban J connectivity index is 2.54. The predicted octanol–water partition coefficient (Wildman–Crippen LogP) is 5.02. The fourth-order valence-corrected chi connectivity index (χ4v) is 6.31. The van der Waals surface area contributed by atoms with E-state index >= 15 is 0 Å². The first-order chi connectivity index (χ1) is 16.0. The lowest BCUT2D eigenvalue weighted by molar-refractivity contribution is -0.252. The molecule has 0 radical (unpaired) electrons. The van der Waals surface area contributed by atoms with Gasteiger partial charge in [-0.05, 0) is 39.1 Å². The van der Waals surface area contributed by atoms with Crippen LogP contribution in [0.4, 0.5) is 13.2 Å². The van der Waals surface area contributed by atoms with Crippen molar-refractivity contribution in [3.63, 3.8) is 0 Å². The highest BCUT2D eigenvalue weighted by Crippen LogP contribution is 2.44. The molecule has 1 aromatic rings. The number of carbonyl (C=O) groups is 2. The second-order valence-electron chi connectivity index (χ2n) is 10.8. The Kier molecular flexibility index (Phi) is 9.22. The zero-order valence-corrected chi connectivity index (χ0v) is 23.0. The lowest BCUT2D eigenvalue weighted by Gasteiger charge is -2.49. The Hall–Kier alpha value is -1.91. The SMILES string of the molecule is COC(=O)[C@H]1CN([C@H](CC(C)(O[Si](C)(C)C)C(F)(F)F)c2ccccc2)C[C@@H](C)N1C(=O)C(C)C. The minimum atomic E-state index is -4.59. The van der Waals surface area contributed by atoms with Crippen molar-refractivity contribution in [3.05, 3.63) is 35.9 Å². The third kappa shape index (κ3) is 7.07. The maximum atomic E-state index is 14.4. The first kappa shape index (κ1) is 29.3. The van der Waals surface area contributed by atoms with Crippen LogP contribution >= 0.6 is 0 Å². The smallest absolute Gasteiger partial charge is 0.416 e. The van der Waals surface area contributed by atoms with E-state index in [0.717, 1.165) is 6.92 Å². The normalized spacial score (nSPS) is 22.6. The van der Waals surface area contributed by atoms with Crippen molar-refractivity contribution in [3.8, 4) is 0 Å². The van der Waals surface area contributed by atoms with Gasteiger partial charge in [-0.25, -0.2) is 4.79 Å². The standard InChI is InChI=1S/C25H39F3N2O4Si/c1-17(2)22(31)30-18(3)15-29(16-21(30)23(32)33-5)20(19-12-10-9-11-13-19)14-24(4,25(26,27)28)34-35(6,7)8/h9-13,17-18,20-21H,14-16H2,1-8H3/t18-,20-,21-,24?/m1/s1. The summed E-state index contributed by atoms with van der Waals surface area (Å²) >= 11 is 0. The van der Waals surface area contributed by atoms with Crippen molar-refractivity contribution in [1.29, 1.82) is 0 Å². The zero-order valence-electron chi connectivity index (χ0n) is 22.0. The highest BCUT2D eigenvalue weighted by atomic mass is 28.4. The molecule has 6 nitrogen and oxygen atoms in total. The Morgan fingerprint density at radius 2 is 1.69 bits per heavy atom. The molecule has 4 atom stereocenters. The van der Waals surface area contributed by atoms with Gasteiger partial charge in [0, 0.05) is 37.5 Å². The summed E-state index contributed by atoms with van der Waals surface area (Å²) in [6.07, 6.45) is -4.94. The van der Waals surface area contributed by atoms with Crippen molar-refractivity contribution in [2.45, 2.75) is 83.7 Å². The molecule has 10 heteroatoms. The average Bonchev–Trinajstić information content (AvgIpc) is 2.74. The summed E-state index contributed by atoms with van der Waals surface area (Å²) in [7, 11) is -1.32. The number of methoxy groups -OCH3 is 1. The molecule has 1 aromatic carbocycles. The maximum absolute atomic E-state index is 14.4. The van der Waals surface area contributed by atoms with Crippen LogP contribution in [0, 0.1) is 5.92 Å². The van der Waals surface area contributed by atoms with Crippen LogP contribution in [-0.2, 0) is 18.8 Å². The summed E-state index contributed by atoms with van der Waals surface area (Å²) in [6.45, 7) is 12.0. The Bertz CT molecular complexity index is 876. The number of esters is 1. The van der Waals surface area contributed by atoms with Crippen LogP contribution < -0.4 is 0 Å². The highest BCUT2D eigenvalue weighted by Gasteiger charge is 2.56. The molecule has 1 saturated heterocycles. The van der Waals surface area contributed by atoms with Crippen molar-refractivity contribution in [2.24, 2.45) is 5.92 Å². The van der Waals surface area contributed by atoms with Gasteiger partial charge in [0.2, 0.25) is 5.91 Å². The summed E-state index contributed by atoms with van der Waals surface area (Å²) in [6, 6.07) is 6.95. The summed E-state index contributed by atoms with van der Waals surface area (Å²) in [5.74, 6) is -1.11. The molecule has 0 bridgehead atoms. The van der Waals surface area contributed by atoms with Gasteiger partial charge in [-0.2, -0.15) is 13.2 Å². The molecule has 0 spiro atoms. The summed E-state index contributed by atoms with van der Waals surface area (Å²) < 4.78 is 54.0. The van der Waals surface area contributed by atoms with E-state index in [1.165, 1.54) is 12.0 Å². The molecule has 0 N–H and O–H groups in total. The second kappa shape index (κ2) is 11.0. The molecule has 1 heterocycles. The number of alkyl halides is 3. The molecule has 1 aliphatic rings. The quantitative estimate of drug-likeness (QED) is 0.359. The Morgan fingerprint density at radius 3 is 2.14 bits per heavy atom. The number of halogens is 3. The molecule has 35 heavy (non-hydrogen) atoms. The van der Waals surface area contributed by atoms with E-state index in [0.29, 0.717) is 12.1 Å². The van der Waals surface area contributed by atoms with E-state index in [9.17, 15) is 22.8 Å². The van der Waals surface area contributed by atoms with E-state index in [4.69, 9.17) is 9.16 Å². The Morgan fingerprint density at radius 1 is 1.11 bits per heavy atom. The van der Waals surface area contributed by atoms with Crippen molar-refractivity contribution in [2.75, 3.05) is 20.2 Å². The van der Waals surface area contributed by atoms with Gasteiger partial charge >= 0.3 is 12.1 Å². The molecule has 0 aliphatic carbocycles. The van der Waals surface area contributed by atoms with Crippen LogP contribution in [0.1, 0.15) is 45.7 Å². The topological polar surface area (TPSA) is 59.1 Å². The fraction of sp³-hybridized carbons (Fsp3) is 0.680. The molecule has 1 unspecified atom stereocenters. The third-order valence-electron chi connectivity index (χ3n) is 6.28. The van der Waals surface area contributed by atoms with E-state index in [2.05, 4.69) is 0 Å². The van der Waals surface area contributed by atoms with E-state index < -0.39 is 44.2 Å². The monoisotopic (exact) mass is 516 g/mol. The molecule has 0 saturated carbocycles. The van der Waals surface area contributed by atoms with Crippen molar-refractivity contribution < 1.29 is 31.9 Å². The van der Waals surface area contributed by atoms with Crippen LogP contribution in [0.15, 0.2) is 30.3 Å². The number of nitrogens with zero attached hydrogens (tertiary/aromatic N) is 2. The molecule has 2 rings (SSSR count). The number of hydrogen-bond donors (Lipinski definition) is 0. The van der Waals surface area contributed by atoms with E-state index in [1.54, 1.807) is 63.8 Å². The first-order valence-electron chi connectivity index (χ1n) is 12.0. The number of ether oxygens (including phenoxy) is 1. The second-order valence-corrected chi connectivity index (χ2v) is 15.2. The average molecular weight is 517 g/mol. The summed E-state index contributed by atoms with van der Waals surface area (Å²) in [5.41, 5.74) is -1.69. The van der Waals surface area contributed by atoms with Gasteiger partial charge in [0.05, 0.1) is 7.11 Å². The van der Waals surface area contributed by atoms with Gasteiger partial charge in [-0.1, -0.05) is 44.2 Å². The van der Waals surface area contributed by atoms with Crippen LogP contribution in [0.2, 0.25) is 19.6 Å². The largest absolute Gasteiger partial charge is 0.467 e. The molecular formula is C25H39F3N2O4Si. The first-order valence-corrected chi connectivity index (χ1v) is 15.4. The molecular weight excluding hydrogens is 477 g/mol. The number of rotatable bonds is 8. The van der Waals surface area contributed by atoms with E-state index in [-0.39, 0.29) is 24.8 Å². The maximum Gasteiger partial charge on any atom is 0.416 e. The van der Waals surface area contributed by atoms with Gasteiger partial charge in [-0.3, -0.25) is 9.69 Å². The number of piperazine rings is 1. The van der Waals surface area contributed by atoms with E-state index in [1.807, 2.05) is 11.8 Å². The fourth-order valence-electron chi connectivity index (χ4n) is 4.76. The minimum Gasteiger partial charge on any atom is -0.467 e. The highest BCUT2D eigenvalue weighted by molar-refractivity contribution is 6.69.